The van der Waals surface area contributed by atoms with E-state index in [4.69, 9.17) is 5.73 Å². The summed E-state index contributed by atoms with van der Waals surface area (Å²) >= 11 is 0. The summed E-state index contributed by atoms with van der Waals surface area (Å²) in [7, 11) is 0. The highest BCUT2D eigenvalue weighted by Crippen LogP contribution is 2.61. The maximum absolute atomic E-state index is 12.5. The second kappa shape index (κ2) is 5.50. The summed E-state index contributed by atoms with van der Waals surface area (Å²) < 4.78 is 0. The fourth-order valence-corrected chi connectivity index (χ4v) is 5.84. The first kappa shape index (κ1) is 15.5. The third-order valence-corrected chi connectivity index (χ3v) is 6.38. The number of rotatable bonds is 4. The molecule has 4 aliphatic carbocycles. The zero-order chi connectivity index (χ0) is 16.9. The molecule has 0 saturated heterocycles. The van der Waals surface area contributed by atoms with Gasteiger partial charge in [0.1, 0.15) is 0 Å². The number of aliphatic carboxylic acids is 1. The summed E-state index contributed by atoms with van der Waals surface area (Å²) in [4.78, 5) is 24.4. The zero-order valence-corrected chi connectivity index (χ0v) is 13.7. The van der Waals surface area contributed by atoms with Crippen LogP contribution in [0.3, 0.4) is 0 Å². The summed E-state index contributed by atoms with van der Waals surface area (Å²) in [5.41, 5.74) is 6.32. The van der Waals surface area contributed by atoms with E-state index in [0.717, 1.165) is 19.3 Å². The van der Waals surface area contributed by atoms with E-state index in [-0.39, 0.29) is 11.3 Å². The first-order chi connectivity index (χ1) is 11.4. The third kappa shape index (κ3) is 2.56. The molecule has 0 radical (unpaired) electrons. The monoisotopic (exact) mass is 327 g/mol. The molecular formula is C19H23N2O3-. The minimum Gasteiger partial charge on any atom is -0.548 e. The van der Waals surface area contributed by atoms with E-state index in [2.05, 4.69) is 5.32 Å². The van der Waals surface area contributed by atoms with Crippen LogP contribution in [0.25, 0.3) is 0 Å². The van der Waals surface area contributed by atoms with Gasteiger partial charge >= 0.3 is 0 Å². The van der Waals surface area contributed by atoms with Crippen molar-refractivity contribution in [2.45, 2.75) is 44.6 Å². The van der Waals surface area contributed by atoms with Gasteiger partial charge in [-0.2, -0.15) is 0 Å². The van der Waals surface area contributed by atoms with Gasteiger partial charge in [-0.3, -0.25) is 4.79 Å². The van der Waals surface area contributed by atoms with Crippen LogP contribution in [0.1, 0.15) is 48.9 Å². The molecule has 5 heteroatoms. The molecule has 1 aromatic carbocycles. The van der Waals surface area contributed by atoms with Crippen LogP contribution in [0.4, 0.5) is 5.69 Å². The number of carboxylic acid groups (broad SMARTS) is 1. The second-order valence-corrected chi connectivity index (χ2v) is 8.13. The van der Waals surface area contributed by atoms with E-state index in [1.165, 1.54) is 19.3 Å². The smallest absolute Gasteiger partial charge is 0.251 e. The molecule has 0 aromatic heterocycles. The highest BCUT2D eigenvalue weighted by atomic mass is 16.4. The van der Waals surface area contributed by atoms with Gasteiger partial charge in [0.25, 0.3) is 5.91 Å². The average Bonchev–Trinajstić information content (AvgIpc) is 2.51. The molecule has 1 atom stereocenters. The number of carboxylic acids is 1. The first-order valence-electron chi connectivity index (χ1n) is 8.82. The lowest BCUT2D eigenvalue weighted by molar-refractivity contribution is -0.313. The number of nitrogens with two attached hydrogens (primary N) is 1. The summed E-state index contributed by atoms with van der Waals surface area (Å²) in [5.74, 6) is 0.338. The molecular weight excluding hydrogens is 304 g/mol. The maximum atomic E-state index is 12.5. The van der Waals surface area contributed by atoms with Crippen LogP contribution in [-0.4, -0.2) is 17.9 Å². The lowest BCUT2D eigenvalue weighted by Gasteiger charge is -2.59. The summed E-state index contributed by atoms with van der Waals surface area (Å²) in [6, 6.07) is 5.63. The number of nitrogens with one attached hydrogen (secondary N) is 1. The Hall–Kier alpha value is -2.04. The van der Waals surface area contributed by atoms with Crippen LogP contribution in [0.15, 0.2) is 24.3 Å². The van der Waals surface area contributed by atoms with Crippen molar-refractivity contribution in [1.29, 1.82) is 0 Å². The number of carbonyl (C=O) groups is 2. The minimum atomic E-state index is -1.15. The number of nitrogen functional groups attached to an aromatic ring is 1. The van der Waals surface area contributed by atoms with Gasteiger partial charge in [-0.25, -0.2) is 0 Å². The van der Waals surface area contributed by atoms with Gasteiger partial charge in [-0.15, -0.1) is 0 Å². The van der Waals surface area contributed by atoms with Crippen LogP contribution in [0.5, 0.6) is 0 Å². The fourth-order valence-electron chi connectivity index (χ4n) is 5.84. The van der Waals surface area contributed by atoms with Crippen molar-refractivity contribution in [3.8, 4) is 0 Å². The SMILES string of the molecule is Nc1ccc(C(=O)N[C@H](C(=O)[O-])C23CC4CC(CC(C4)C2)C3)cc1. The van der Waals surface area contributed by atoms with Gasteiger partial charge in [0.2, 0.25) is 0 Å². The van der Waals surface area contributed by atoms with Crippen molar-refractivity contribution in [3.63, 3.8) is 0 Å². The lowest BCUT2D eigenvalue weighted by Crippen LogP contribution is -2.62. The van der Waals surface area contributed by atoms with Crippen molar-refractivity contribution < 1.29 is 14.7 Å². The third-order valence-electron chi connectivity index (χ3n) is 6.38. The molecule has 128 valence electrons. The predicted octanol–water partition coefficient (Wildman–Crippen LogP) is 1.33. The van der Waals surface area contributed by atoms with E-state index < -0.39 is 12.0 Å². The van der Waals surface area contributed by atoms with Gasteiger partial charge in [0, 0.05) is 11.3 Å². The highest BCUT2D eigenvalue weighted by molar-refractivity contribution is 5.96. The molecule has 0 aliphatic heterocycles. The Kier molecular flexibility index (Phi) is 3.55. The molecule has 4 bridgehead atoms. The molecule has 3 N–H and O–H groups in total. The van der Waals surface area contributed by atoms with Gasteiger partial charge in [-0.1, -0.05) is 0 Å². The second-order valence-electron chi connectivity index (χ2n) is 8.13. The van der Waals surface area contributed by atoms with Crippen molar-refractivity contribution >= 4 is 17.6 Å². The number of hydrogen-bond acceptors (Lipinski definition) is 4. The number of amides is 1. The largest absolute Gasteiger partial charge is 0.548 e. The molecule has 4 fully saturated rings. The summed E-state index contributed by atoms with van der Waals surface area (Å²) in [6.07, 6.45) is 6.39. The van der Waals surface area contributed by atoms with E-state index >= 15 is 0 Å². The number of carbonyl (C=O) groups excluding carboxylic acids is 2. The highest BCUT2D eigenvalue weighted by Gasteiger charge is 2.54. The summed E-state index contributed by atoms with van der Waals surface area (Å²) in [5, 5.41) is 14.7. The van der Waals surface area contributed by atoms with Crippen molar-refractivity contribution in [1.82, 2.24) is 5.32 Å². The van der Waals surface area contributed by atoms with E-state index in [0.29, 0.717) is 29.0 Å². The molecule has 5 nitrogen and oxygen atoms in total. The Balaban J connectivity index is 1.57. The maximum Gasteiger partial charge on any atom is 0.251 e. The first-order valence-corrected chi connectivity index (χ1v) is 8.82. The van der Waals surface area contributed by atoms with Crippen LogP contribution in [0, 0.1) is 23.2 Å². The molecule has 0 unspecified atom stereocenters. The van der Waals surface area contributed by atoms with Crippen LogP contribution < -0.4 is 16.2 Å². The number of hydrogen-bond donors (Lipinski definition) is 2. The topological polar surface area (TPSA) is 95.2 Å². The molecule has 0 heterocycles. The number of anilines is 1. The van der Waals surface area contributed by atoms with Gasteiger partial charge in [0.05, 0.1) is 12.0 Å². The van der Waals surface area contributed by atoms with Crippen LogP contribution >= 0.6 is 0 Å². The van der Waals surface area contributed by atoms with Gasteiger partial charge < -0.3 is 21.0 Å². The Morgan fingerprint density at radius 1 is 1.04 bits per heavy atom. The quantitative estimate of drug-likeness (QED) is 0.816. The van der Waals surface area contributed by atoms with Crippen molar-refractivity contribution in [3.05, 3.63) is 29.8 Å². The molecule has 4 aliphatic rings. The van der Waals surface area contributed by atoms with E-state index in [1.807, 2.05) is 0 Å². The summed E-state index contributed by atoms with van der Waals surface area (Å²) in [6.45, 7) is 0. The normalized spacial score (nSPS) is 34.8. The van der Waals surface area contributed by atoms with Crippen LogP contribution in [-0.2, 0) is 4.79 Å². The average molecular weight is 327 g/mol. The van der Waals surface area contributed by atoms with E-state index in [9.17, 15) is 14.7 Å². The van der Waals surface area contributed by atoms with Crippen LogP contribution in [0.2, 0.25) is 0 Å². The van der Waals surface area contributed by atoms with E-state index in [1.54, 1.807) is 24.3 Å². The van der Waals surface area contributed by atoms with Crippen molar-refractivity contribution in [2.75, 3.05) is 5.73 Å². The molecule has 24 heavy (non-hydrogen) atoms. The zero-order valence-electron chi connectivity index (χ0n) is 13.7. The Labute approximate surface area is 141 Å². The molecule has 1 aromatic rings. The predicted molar refractivity (Wildman–Crippen MR) is 87.7 cm³/mol. The fraction of sp³-hybridized carbons (Fsp3) is 0.579. The standard InChI is InChI=1S/C19H24N2O3/c20-15-3-1-14(2-4-15)17(22)21-16(18(23)24)19-8-11-5-12(9-19)7-13(6-11)10-19/h1-4,11-13,16H,5-10,20H2,(H,21,22)(H,23,24)/p-1/t11?,12?,13?,16-,19?/m1/s1. The Morgan fingerprint density at radius 2 is 1.54 bits per heavy atom. The lowest BCUT2D eigenvalue weighted by atomic mass is 9.47. The van der Waals surface area contributed by atoms with Gasteiger partial charge in [-0.05, 0) is 86.0 Å². The Bertz CT molecular complexity index is 632. The van der Waals surface area contributed by atoms with Gasteiger partial charge in [0.15, 0.2) is 0 Å². The number of benzene rings is 1. The molecule has 4 saturated carbocycles. The Morgan fingerprint density at radius 3 is 2.00 bits per heavy atom. The molecule has 0 spiro atoms. The van der Waals surface area contributed by atoms with Crippen molar-refractivity contribution in [2.24, 2.45) is 23.2 Å². The minimum absolute atomic E-state index is 0.322. The molecule has 5 rings (SSSR count). The molecule has 1 amide bonds.